The molecule has 2 aromatic heterocycles. The minimum Gasteiger partial charge on any atom is -0.472 e. The van der Waals surface area contributed by atoms with Gasteiger partial charge in [0.1, 0.15) is 6.54 Å². The third-order valence-corrected chi connectivity index (χ3v) is 6.19. The van der Waals surface area contributed by atoms with Crippen LogP contribution >= 0.6 is 0 Å². The molecule has 1 N–H and O–H groups in total. The molecule has 3 heterocycles. The number of fused-ring (bicyclic) bond motifs is 1. The summed E-state index contributed by atoms with van der Waals surface area (Å²) < 4.78 is 46.9. The number of hydrogen-bond acceptors (Lipinski definition) is 4. The Hall–Kier alpha value is -4.01. The van der Waals surface area contributed by atoms with Gasteiger partial charge in [-0.1, -0.05) is 12.1 Å². The molecule has 6 nitrogen and oxygen atoms in total. The zero-order chi connectivity index (χ0) is 24.6. The Morgan fingerprint density at radius 1 is 1.06 bits per heavy atom. The van der Waals surface area contributed by atoms with Crippen LogP contribution < -0.4 is 15.6 Å². The van der Waals surface area contributed by atoms with Crippen molar-refractivity contribution in [2.24, 2.45) is 0 Å². The van der Waals surface area contributed by atoms with E-state index in [-0.39, 0.29) is 17.7 Å². The molecule has 1 aliphatic rings. The van der Waals surface area contributed by atoms with Crippen LogP contribution in [0.5, 0.6) is 0 Å². The molecular formula is C26H22F3N3O3. The van der Waals surface area contributed by atoms with E-state index in [2.05, 4.69) is 10.2 Å². The molecule has 0 aliphatic carbocycles. The van der Waals surface area contributed by atoms with Crippen LogP contribution in [0.1, 0.15) is 18.4 Å². The summed E-state index contributed by atoms with van der Waals surface area (Å²) in [4.78, 5) is 28.4. The molecule has 0 bridgehead atoms. The Balaban J connectivity index is 1.56. The number of carbonyl (C=O) groups is 1. The summed E-state index contributed by atoms with van der Waals surface area (Å²) in [6.07, 6.45) is 1.98. The zero-order valence-corrected chi connectivity index (χ0v) is 18.6. The molecule has 2 aromatic carbocycles. The normalized spacial score (nSPS) is 14.0. The number of halogens is 3. The molecule has 5 rings (SSSR count). The fourth-order valence-electron chi connectivity index (χ4n) is 4.49. The first-order valence-electron chi connectivity index (χ1n) is 11.2. The number of alkyl halides is 3. The minimum absolute atomic E-state index is 0.214. The SMILES string of the molecule is O=C(Cn1cc(-c2ccoc2)c(=O)c2ccc(N3CCCC3)cc21)Nc1ccccc1C(F)(F)F. The Morgan fingerprint density at radius 3 is 2.54 bits per heavy atom. The number of aromatic nitrogens is 1. The summed E-state index contributed by atoms with van der Waals surface area (Å²) in [6, 6.07) is 12.0. The number of anilines is 2. The average molecular weight is 481 g/mol. The first-order valence-corrected chi connectivity index (χ1v) is 11.2. The smallest absolute Gasteiger partial charge is 0.418 e. The molecule has 1 amide bonds. The number of hydrogen-bond donors (Lipinski definition) is 1. The third kappa shape index (κ3) is 4.53. The molecule has 0 unspecified atom stereocenters. The molecule has 9 heteroatoms. The summed E-state index contributed by atoms with van der Waals surface area (Å²) in [5.74, 6) is -0.642. The van der Waals surface area contributed by atoms with Crippen molar-refractivity contribution in [3.63, 3.8) is 0 Å². The van der Waals surface area contributed by atoms with Crippen molar-refractivity contribution in [2.45, 2.75) is 25.6 Å². The lowest BCUT2D eigenvalue weighted by molar-refractivity contribution is -0.137. The number of carbonyl (C=O) groups excluding carboxylic acids is 1. The van der Waals surface area contributed by atoms with Crippen molar-refractivity contribution >= 4 is 28.2 Å². The molecule has 35 heavy (non-hydrogen) atoms. The first-order chi connectivity index (χ1) is 16.8. The van der Waals surface area contributed by atoms with Crippen LogP contribution in [0.15, 0.2) is 76.5 Å². The molecule has 180 valence electrons. The number of nitrogens with zero attached hydrogens (tertiary/aromatic N) is 2. The lowest BCUT2D eigenvalue weighted by Crippen LogP contribution is -2.23. The molecule has 0 spiro atoms. The van der Waals surface area contributed by atoms with E-state index in [1.807, 2.05) is 12.1 Å². The van der Waals surface area contributed by atoms with Gasteiger partial charge in [-0.3, -0.25) is 9.59 Å². The van der Waals surface area contributed by atoms with Crippen LogP contribution in [-0.4, -0.2) is 23.6 Å². The average Bonchev–Trinajstić information content (AvgIpc) is 3.55. The van der Waals surface area contributed by atoms with Gasteiger partial charge in [-0.15, -0.1) is 0 Å². The van der Waals surface area contributed by atoms with Gasteiger partial charge in [-0.25, -0.2) is 0 Å². The fraction of sp³-hybridized carbons (Fsp3) is 0.231. The molecule has 1 fully saturated rings. The van der Waals surface area contributed by atoms with E-state index in [9.17, 15) is 22.8 Å². The summed E-state index contributed by atoms with van der Waals surface area (Å²) in [6.45, 7) is 1.52. The minimum atomic E-state index is -4.60. The molecule has 1 saturated heterocycles. The molecule has 0 radical (unpaired) electrons. The topological polar surface area (TPSA) is 67.5 Å². The van der Waals surface area contributed by atoms with Crippen molar-refractivity contribution in [3.8, 4) is 11.1 Å². The Labute approximate surface area is 198 Å². The second-order valence-corrected chi connectivity index (χ2v) is 8.50. The van der Waals surface area contributed by atoms with E-state index in [1.54, 1.807) is 22.9 Å². The monoisotopic (exact) mass is 481 g/mol. The van der Waals surface area contributed by atoms with Gasteiger partial charge >= 0.3 is 6.18 Å². The van der Waals surface area contributed by atoms with Crippen LogP contribution in [0.3, 0.4) is 0 Å². The maximum Gasteiger partial charge on any atom is 0.418 e. The molecule has 0 saturated carbocycles. The van der Waals surface area contributed by atoms with Crippen molar-refractivity contribution in [3.05, 3.63) is 83.0 Å². The third-order valence-electron chi connectivity index (χ3n) is 6.19. The summed E-state index contributed by atoms with van der Waals surface area (Å²) >= 11 is 0. The molecule has 1 aliphatic heterocycles. The van der Waals surface area contributed by atoms with Crippen LogP contribution in [0.2, 0.25) is 0 Å². The van der Waals surface area contributed by atoms with E-state index in [0.29, 0.717) is 22.0 Å². The van der Waals surface area contributed by atoms with Crippen LogP contribution in [0.4, 0.5) is 24.5 Å². The maximum atomic E-state index is 13.4. The van der Waals surface area contributed by atoms with Crippen molar-refractivity contribution in [1.29, 1.82) is 0 Å². The largest absolute Gasteiger partial charge is 0.472 e. The molecule has 4 aromatic rings. The predicted molar refractivity (Wildman–Crippen MR) is 127 cm³/mol. The first kappa shape index (κ1) is 22.8. The second-order valence-electron chi connectivity index (χ2n) is 8.50. The highest BCUT2D eigenvalue weighted by molar-refractivity contribution is 5.93. The number of pyridine rings is 1. The van der Waals surface area contributed by atoms with Gasteiger partial charge in [0.2, 0.25) is 5.91 Å². The Bertz CT molecular complexity index is 1440. The van der Waals surface area contributed by atoms with Gasteiger partial charge in [-0.05, 0) is 49.2 Å². The van der Waals surface area contributed by atoms with Gasteiger partial charge in [0, 0.05) is 41.5 Å². The number of nitrogens with one attached hydrogen (secondary N) is 1. The standard InChI is InChI=1S/C26H22F3N3O3/c27-26(28,29)21-5-1-2-6-22(21)30-24(33)15-32-14-20(17-9-12-35-16-17)25(34)19-8-7-18(13-23(19)32)31-10-3-4-11-31/h1-2,5-9,12-14,16H,3-4,10-11,15H2,(H,30,33). The second kappa shape index (κ2) is 8.98. The lowest BCUT2D eigenvalue weighted by Gasteiger charge is -2.20. The Morgan fingerprint density at radius 2 is 1.83 bits per heavy atom. The van der Waals surface area contributed by atoms with E-state index in [4.69, 9.17) is 4.42 Å². The van der Waals surface area contributed by atoms with Crippen LogP contribution in [0.25, 0.3) is 22.0 Å². The van der Waals surface area contributed by atoms with Crippen molar-refractivity contribution in [2.75, 3.05) is 23.3 Å². The quantitative estimate of drug-likeness (QED) is 0.408. The number of para-hydroxylation sites is 1. The fourth-order valence-corrected chi connectivity index (χ4v) is 4.49. The number of rotatable bonds is 5. The highest BCUT2D eigenvalue weighted by Gasteiger charge is 2.33. The summed E-state index contributed by atoms with van der Waals surface area (Å²) in [5, 5.41) is 2.79. The molecular weight excluding hydrogens is 459 g/mol. The highest BCUT2D eigenvalue weighted by Crippen LogP contribution is 2.34. The van der Waals surface area contributed by atoms with Gasteiger partial charge in [0.25, 0.3) is 0 Å². The van der Waals surface area contributed by atoms with Gasteiger partial charge in [-0.2, -0.15) is 13.2 Å². The van der Waals surface area contributed by atoms with Crippen molar-refractivity contribution < 1.29 is 22.4 Å². The van der Waals surface area contributed by atoms with Crippen LogP contribution in [-0.2, 0) is 17.5 Å². The van der Waals surface area contributed by atoms with E-state index >= 15 is 0 Å². The van der Waals surface area contributed by atoms with Crippen molar-refractivity contribution in [1.82, 2.24) is 4.57 Å². The van der Waals surface area contributed by atoms with Gasteiger partial charge < -0.3 is 19.2 Å². The van der Waals surface area contributed by atoms with E-state index in [0.717, 1.165) is 37.7 Å². The molecule has 0 atom stereocenters. The number of benzene rings is 2. The van der Waals surface area contributed by atoms with E-state index in [1.165, 1.54) is 30.7 Å². The van der Waals surface area contributed by atoms with Gasteiger partial charge in [0.15, 0.2) is 5.43 Å². The van der Waals surface area contributed by atoms with Gasteiger partial charge in [0.05, 0.1) is 29.3 Å². The van der Waals surface area contributed by atoms with Crippen LogP contribution in [0, 0.1) is 0 Å². The number of amides is 1. The van der Waals surface area contributed by atoms with E-state index < -0.39 is 17.6 Å². The lowest BCUT2D eigenvalue weighted by atomic mass is 10.1. The predicted octanol–water partition coefficient (Wildman–Crippen LogP) is 5.52. The summed E-state index contributed by atoms with van der Waals surface area (Å²) in [7, 11) is 0. The zero-order valence-electron chi connectivity index (χ0n) is 18.6. The summed E-state index contributed by atoms with van der Waals surface area (Å²) in [5.41, 5.74) is 0.902. The Kier molecular flexibility index (Phi) is 5.84. The number of furan rings is 1. The highest BCUT2D eigenvalue weighted by atomic mass is 19.4. The maximum absolute atomic E-state index is 13.4.